The zero-order valence-electron chi connectivity index (χ0n) is 12.3. The summed E-state index contributed by atoms with van der Waals surface area (Å²) in [6.07, 6.45) is 0. The van der Waals surface area contributed by atoms with Gasteiger partial charge < -0.3 is 4.90 Å². The first-order chi connectivity index (χ1) is 9.67. The minimum Gasteiger partial charge on any atom is -0.339 e. The number of aryl methyl sites for hydroxylation is 1. The highest BCUT2D eigenvalue weighted by atomic mass is 16.2. The molecule has 0 unspecified atom stereocenters. The first-order valence-corrected chi connectivity index (χ1v) is 6.99. The summed E-state index contributed by atoms with van der Waals surface area (Å²) in [5.41, 5.74) is 3.44. The van der Waals surface area contributed by atoms with Crippen LogP contribution in [-0.4, -0.2) is 28.9 Å². The summed E-state index contributed by atoms with van der Waals surface area (Å²) in [7, 11) is 0. The number of pyridine rings is 1. The van der Waals surface area contributed by atoms with E-state index in [1.807, 2.05) is 68.1 Å². The van der Waals surface area contributed by atoms with E-state index in [9.17, 15) is 4.79 Å². The van der Waals surface area contributed by atoms with Crippen molar-refractivity contribution in [3.8, 4) is 11.3 Å². The van der Waals surface area contributed by atoms with E-state index in [4.69, 9.17) is 0 Å². The number of aromatic nitrogens is 1. The van der Waals surface area contributed by atoms with Gasteiger partial charge in [-0.2, -0.15) is 0 Å². The standard InChI is InChI=1S/C17H20N2O/c1-4-19(5-2)17(20)15-11-12-16(18-13(15)3)14-9-7-6-8-10-14/h6-12H,4-5H2,1-3H3. The molecule has 1 amide bonds. The summed E-state index contributed by atoms with van der Waals surface area (Å²) < 4.78 is 0. The molecule has 0 atom stereocenters. The Labute approximate surface area is 120 Å². The van der Waals surface area contributed by atoms with E-state index < -0.39 is 0 Å². The van der Waals surface area contributed by atoms with Gasteiger partial charge in [-0.1, -0.05) is 30.3 Å². The van der Waals surface area contributed by atoms with Crippen molar-refractivity contribution in [1.82, 2.24) is 9.88 Å². The van der Waals surface area contributed by atoms with Gasteiger partial charge in [0.25, 0.3) is 5.91 Å². The maximum absolute atomic E-state index is 12.4. The highest BCUT2D eigenvalue weighted by molar-refractivity contribution is 5.95. The molecule has 1 heterocycles. The van der Waals surface area contributed by atoms with Crippen molar-refractivity contribution in [2.24, 2.45) is 0 Å². The van der Waals surface area contributed by atoms with Crippen LogP contribution in [0.1, 0.15) is 29.9 Å². The molecule has 3 heteroatoms. The second kappa shape index (κ2) is 6.33. The van der Waals surface area contributed by atoms with E-state index in [-0.39, 0.29) is 5.91 Å². The van der Waals surface area contributed by atoms with Crippen molar-refractivity contribution in [2.45, 2.75) is 20.8 Å². The van der Waals surface area contributed by atoms with Gasteiger partial charge in [0.05, 0.1) is 17.0 Å². The summed E-state index contributed by atoms with van der Waals surface area (Å²) in [5.74, 6) is 0.0552. The molecular weight excluding hydrogens is 248 g/mol. The number of hydrogen-bond donors (Lipinski definition) is 0. The fourth-order valence-corrected chi connectivity index (χ4v) is 2.24. The van der Waals surface area contributed by atoms with Crippen molar-refractivity contribution in [1.29, 1.82) is 0 Å². The Balaban J connectivity index is 2.33. The lowest BCUT2D eigenvalue weighted by Crippen LogP contribution is -2.31. The quantitative estimate of drug-likeness (QED) is 0.849. The Morgan fingerprint density at radius 2 is 1.70 bits per heavy atom. The van der Waals surface area contributed by atoms with Gasteiger partial charge in [-0.05, 0) is 32.9 Å². The predicted molar refractivity (Wildman–Crippen MR) is 81.7 cm³/mol. The van der Waals surface area contributed by atoms with Crippen LogP contribution in [-0.2, 0) is 0 Å². The molecule has 1 aromatic carbocycles. The van der Waals surface area contributed by atoms with Crippen molar-refractivity contribution in [3.05, 3.63) is 53.7 Å². The molecule has 20 heavy (non-hydrogen) atoms. The van der Waals surface area contributed by atoms with Crippen LogP contribution in [0.5, 0.6) is 0 Å². The highest BCUT2D eigenvalue weighted by Gasteiger charge is 2.16. The summed E-state index contributed by atoms with van der Waals surface area (Å²) in [4.78, 5) is 18.7. The average Bonchev–Trinajstić information content (AvgIpc) is 2.49. The first-order valence-electron chi connectivity index (χ1n) is 6.99. The predicted octanol–water partition coefficient (Wildman–Crippen LogP) is 3.54. The third kappa shape index (κ3) is 2.87. The normalized spacial score (nSPS) is 10.3. The van der Waals surface area contributed by atoms with E-state index in [1.165, 1.54) is 0 Å². The van der Waals surface area contributed by atoms with Gasteiger partial charge in [0.1, 0.15) is 0 Å². The van der Waals surface area contributed by atoms with Crippen LogP contribution in [0, 0.1) is 6.92 Å². The van der Waals surface area contributed by atoms with Crippen LogP contribution in [0.3, 0.4) is 0 Å². The third-order valence-corrected chi connectivity index (χ3v) is 3.44. The van der Waals surface area contributed by atoms with Gasteiger partial charge in [-0.25, -0.2) is 0 Å². The van der Waals surface area contributed by atoms with Crippen LogP contribution < -0.4 is 0 Å². The Kier molecular flexibility index (Phi) is 4.51. The lowest BCUT2D eigenvalue weighted by Gasteiger charge is -2.19. The number of nitrogens with zero attached hydrogens (tertiary/aromatic N) is 2. The number of carbonyl (C=O) groups excluding carboxylic acids is 1. The smallest absolute Gasteiger partial charge is 0.255 e. The van der Waals surface area contributed by atoms with E-state index in [2.05, 4.69) is 4.98 Å². The third-order valence-electron chi connectivity index (χ3n) is 3.44. The number of carbonyl (C=O) groups is 1. The summed E-state index contributed by atoms with van der Waals surface area (Å²) in [6, 6.07) is 13.8. The Bertz CT molecular complexity index is 589. The van der Waals surface area contributed by atoms with Crippen LogP contribution in [0.15, 0.2) is 42.5 Å². The van der Waals surface area contributed by atoms with E-state index in [0.717, 1.165) is 30.0 Å². The zero-order valence-corrected chi connectivity index (χ0v) is 12.3. The van der Waals surface area contributed by atoms with Gasteiger partial charge >= 0.3 is 0 Å². The molecule has 0 fully saturated rings. The number of hydrogen-bond acceptors (Lipinski definition) is 2. The Morgan fingerprint density at radius 3 is 2.25 bits per heavy atom. The lowest BCUT2D eigenvalue weighted by atomic mass is 10.1. The van der Waals surface area contributed by atoms with Crippen LogP contribution in [0.4, 0.5) is 0 Å². The number of rotatable bonds is 4. The van der Waals surface area contributed by atoms with Crippen LogP contribution >= 0.6 is 0 Å². The second-order valence-corrected chi connectivity index (χ2v) is 4.67. The molecule has 0 N–H and O–H groups in total. The van der Waals surface area contributed by atoms with Crippen molar-refractivity contribution in [2.75, 3.05) is 13.1 Å². The summed E-state index contributed by atoms with van der Waals surface area (Å²) >= 11 is 0. The molecule has 0 radical (unpaired) electrons. The monoisotopic (exact) mass is 268 g/mol. The number of amides is 1. The van der Waals surface area contributed by atoms with Crippen LogP contribution in [0.2, 0.25) is 0 Å². The fourth-order valence-electron chi connectivity index (χ4n) is 2.24. The van der Waals surface area contributed by atoms with Crippen molar-refractivity contribution in [3.63, 3.8) is 0 Å². The summed E-state index contributed by atoms with van der Waals surface area (Å²) in [5, 5.41) is 0. The van der Waals surface area contributed by atoms with E-state index in [1.54, 1.807) is 0 Å². The minimum absolute atomic E-state index is 0.0552. The fraction of sp³-hybridized carbons (Fsp3) is 0.294. The van der Waals surface area contributed by atoms with E-state index in [0.29, 0.717) is 5.56 Å². The molecule has 104 valence electrons. The number of benzene rings is 1. The maximum atomic E-state index is 12.4. The first kappa shape index (κ1) is 14.3. The van der Waals surface area contributed by atoms with Crippen LogP contribution in [0.25, 0.3) is 11.3 Å². The van der Waals surface area contributed by atoms with Gasteiger partial charge in [0, 0.05) is 18.7 Å². The molecule has 0 aliphatic heterocycles. The molecule has 0 bridgehead atoms. The molecular formula is C17H20N2O. The average molecular weight is 268 g/mol. The SMILES string of the molecule is CCN(CC)C(=O)c1ccc(-c2ccccc2)nc1C. The molecule has 3 nitrogen and oxygen atoms in total. The second-order valence-electron chi connectivity index (χ2n) is 4.67. The van der Waals surface area contributed by atoms with Gasteiger partial charge in [-0.15, -0.1) is 0 Å². The molecule has 1 aromatic heterocycles. The Morgan fingerprint density at radius 1 is 1.05 bits per heavy atom. The molecule has 0 saturated heterocycles. The maximum Gasteiger partial charge on any atom is 0.255 e. The summed E-state index contributed by atoms with van der Waals surface area (Å²) in [6.45, 7) is 7.30. The molecule has 0 spiro atoms. The molecule has 2 rings (SSSR count). The van der Waals surface area contributed by atoms with Crippen molar-refractivity contribution >= 4 is 5.91 Å². The molecule has 0 aliphatic carbocycles. The van der Waals surface area contributed by atoms with Gasteiger partial charge in [0.15, 0.2) is 0 Å². The Hall–Kier alpha value is -2.16. The highest BCUT2D eigenvalue weighted by Crippen LogP contribution is 2.19. The minimum atomic E-state index is 0.0552. The zero-order chi connectivity index (χ0) is 14.5. The molecule has 0 saturated carbocycles. The molecule has 2 aromatic rings. The van der Waals surface area contributed by atoms with E-state index >= 15 is 0 Å². The lowest BCUT2D eigenvalue weighted by molar-refractivity contribution is 0.0772. The van der Waals surface area contributed by atoms with Gasteiger partial charge in [0.2, 0.25) is 0 Å². The largest absolute Gasteiger partial charge is 0.339 e. The molecule has 0 aliphatic rings. The van der Waals surface area contributed by atoms with Gasteiger partial charge in [-0.3, -0.25) is 9.78 Å². The van der Waals surface area contributed by atoms with Crippen molar-refractivity contribution < 1.29 is 4.79 Å². The topological polar surface area (TPSA) is 33.2 Å².